The van der Waals surface area contributed by atoms with Crippen LogP contribution >= 0.6 is 23.4 Å². The second-order valence-electron chi connectivity index (χ2n) is 4.28. The Morgan fingerprint density at radius 1 is 1.50 bits per heavy atom. The van der Waals surface area contributed by atoms with Crippen LogP contribution in [-0.2, 0) is 15.8 Å². The van der Waals surface area contributed by atoms with Crippen LogP contribution in [0.3, 0.4) is 0 Å². The van der Waals surface area contributed by atoms with Crippen LogP contribution in [-0.4, -0.2) is 30.9 Å². The normalized spacial score (nSPS) is 20.8. The van der Waals surface area contributed by atoms with Crippen molar-refractivity contribution in [3.63, 3.8) is 0 Å². The van der Waals surface area contributed by atoms with Gasteiger partial charge in [-0.05, 0) is 30.2 Å². The van der Waals surface area contributed by atoms with Gasteiger partial charge in [0.25, 0.3) is 0 Å². The fourth-order valence-corrected chi connectivity index (χ4v) is 4.53. The lowest BCUT2D eigenvalue weighted by molar-refractivity contribution is 0.542. The first-order chi connectivity index (χ1) is 8.55. The van der Waals surface area contributed by atoms with Gasteiger partial charge in [0.2, 0.25) is 10.0 Å². The third-order valence-corrected chi connectivity index (χ3v) is 5.50. The molecule has 100 valence electrons. The van der Waals surface area contributed by atoms with Gasteiger partial charge in [0.1, 0.15) is 5.15 Å². The summed E-state index contributed by atoms with van der Waals surface area (Å²) < 4.78 is 26.7. The summed E-state index contributed by atoms with van der Waals surface area (Å²) in [4.78, 5) is 3.88. The molecule has 0 amide bonds. The smallest absolute Gasteiger partial charge is 0.216 e. The maximum Gasteiger partial charge on any atom is 0.216 e. The highest BCUT2D eigenvalue weighted by molar-refractivity contribution is 7.99. The minimum Gasteiger partial charge on any atom is -0.244 e. The molecule has 1 aromatic heterocycles. The van der Waals surface area contributed by atoms with Crippen molar-refractivity contribution < 1.29 is 8.42 Å². The number of nitrogens with one attached hydrogen (secondary N) is 1. The van der Waals surface area contributed by atoms with Crippen LogP contribution in [0, 0.1) is 0 Å². The van der Waals surface area contributed by atoms with Crippen LogP contribution < -0.4 is 4.72 Å². The average molecular weight is 307 g/mol. The van der Waals surface area contributed by atoms with E-state index in [9.17, 15) is 8.42 Å². The molecule has 0 aromatic carbocycles. The molecule has 1 fully saturated rings. The van der Waals surface area contributed by atoms with Gasteiger partial charge in [-0.25, -0.2) is 18.1 Å². The van der Waals surface area contributed by atoms with Crippen LogP contribution in [0.15, 0.2) is 18.3 Å². The van der Waals surface area contributed by atoms with Gasteiger partial charge in [0, 0.05) is 18.0 Å². The summed E-state index contributed by atoms with van der Waals surface area (Å²) in [5.41, 5.74) is 0.648. The topological polar surface area (TPSA) is 59.1 Å². The predicted octanol–water partition coefficient (Wildman–Crippen LogP) is 2.05. The molecule has 1 atom stereocenters. The van der Waals surface area contributed by atoms with Crippen molar-refractivity contribution in [2.24, 2.45) is 0 Å². The van der Waals surface area contributed by atoms with Crippen LogP contribution in [0.2, 0.25) is 5.15 Å². The number of thioether (sulfide) groups is 1. The van der Waals surface area contributed by atoms with Crippen molar-refractivity contribution in [2.45, 2.75) is 24.6 Å². The Bertz CT molecular complexity index is 484. The first kappa shape index (κ1) is 14.1. The molecule has 1 saturated heterocycles. The first-order valence-electron chi connectivity index (χ1n) is 5.73. The molecule has 1 aromatic rings. The van der Waals surface area contributed by atoms with Gasteiger partial charge in [-0.1, -0.05) is 17.7 Å². The summed E-state index contributed by atoms with van der Waals surface area (Å²) in [5.74, 6) is 1.94. The molecule has 0 aliphatic carbocycles. The lowest BCUT2D eigenvalue weighted by atomic mass is 10.2. The van der Waals surface area contributed by atoms with E-state index in [0.717, 1.165) is 24.3 Å². The Morgan fingerprint density at radius 3 is 2.94 bits per heavy atom. The van der Waals surface area contributed by atoms with Crippen LogP contribution in [0.25, 0.3) is 0 Å². The first-order valence-corrected chi connectivity index (χ1v) is 8.92. The molecule has 2 rings (SSSR count). The zero-order chi connectivity index (χ0) is 13.0. The molecular formula is C11H15ClN2O2S2. The van der Waals surface area contributed by atoms with E-state index in [1.54, 1.807) is 23.9 Å². The molecule has 4 nitrogen and oxygen atoms in total. The minimum absolute atomic E-state index is 0.0433. The molecule has 0 spiro atoms. The number of hydrogen-bond acceptors (Lipinski definition) is 4. The highest BCUT2D eigenvalue weighted by atomic mass is 35.5. The van der Waals surface area contributed by atoms with E-state index in [2.05, 4.69) is 9.71 Å². The van der Waals surface area contributed by atoms with Crippen LogP contribution in [0.5, 0.6) is 0 Å². The summed E-state index contributed by atoms with van der Waals surface area (Å²) in [5, 5.41) is 0.368. The molecule has 0 unspecified atom stereocenters. The fourth-order valence-electron chi connectivity index (χ4n) is 1.84. The summed E-state index contributed by atoms with van der Waals surface area (Å²) in [6.45, 7) is 0. The van der Waals surface area contributed by atoms with E-state index >= 15 is 0 Å². The van der Waals surface area contributed by atoms with Crippen molar-refractivity contribution in [1.82, 2.24) is 9.71 Å². The lowest BCUT2D eigenvalue weighted by Gasteiger charge is -2.22. The third kappa shape index (κ3) is 4.42. The van der Waals surface area contributed by atoms with E-state index < -0.39 is 10.0 Å². The number of sulfonamides is 1. The minimum atomic E-state index is -3.29. The van der Waals surface area contributed by atoms with Crippen molar-refractivity contribution in [1.29, 1.82) is 0 Å². The molecule has 1 aliphatic rings. The number of pyridine rings is 1. The van der Waals surface area contributed by atoms with Gasteiger partial charge in [-0.15, -0.1) is 0 Å². The molecule has 0 bridgehead atoms. The molecule has 7 heteroatoms. The Morgan fingerprint density at radius 2 is 2.33 bits per heavy atom. The molecule has 2 heterocycles. The number of halogens is 1. The summed E-state index contributed by atoms with van der Waals surface area (Å²) in [7, 11) is -3.29. The second kappa shape index (κ2) is 6.23. The number of nitrogens with zero attached hydrogens (tertiary/aromatic N) is 1. The quantitative estimate of drug-likeness (QED) is 0.865. The number of rotatable bonds is 4. The van der Waals surface area contributed by atoms with Gasteiger partial charge in [0.05, 0.1) is 5.75 Å². The summed E-state index contributed by atoms with van der Waals surface area (Å²) in [6.07, 6.45) is 3.49. The van der Waals surface area contributed by atoms with Gasteiger partial charge in [-0.2, -0.15) is 11.8 Å². The second-order valence-corrected chi connectivity index (χ2v) is 7.57. The Hall–Kier alpha value is -0.300. The average Bonchev–Trinajstić information content (AvgIpc) is 2.32. The van der Waals surface area contributed by atoms with E-state index in [1.165, 1.54) is 6.20 Å². The van der Waals surface area contributed by atoms with Crippen molar-refractivity contribution >= 4 is 33.4 Å². The Balaban J connectivity index is 1.96. The largest absolute Gasteiger partial charge is 0.244 e. The van der Waals surface area contributed by atoms with E-state index in [0.29, 0.717) is 10.7 Å². The van der Waals surface area contributed by atoms with Crippen molar-refractivity contribution in [3.05, 3.63) is 29.0 Å². The van der Waals surface area contributed by atoms with Crippen molar-refractivity contribution in [2.75, 3.05) is 11.5 Å². The van der Waals surface area contributed by atoms with E-state index in [1.807, 2.05) is 0 Å². The number of hydrogen-bond donors (Lipinski definition) is 1. The van der Waals surface area contributed by atoms with Crippen LogP contribution in [0.1, 0.15) is 18.4 Å². The molecule has 18 heavy (non-hydrogen) atoms. The summed E-state index contributed by atoms with van der Waals surface area (Å²) in [6, 6.07) is 3.35. The van der Waals surface area contributed by atoms with E-state index in [4.69, 9.17) is 11.6 Å². The highest BCUT2D eigenvalue weighted by Crippen LogP contribution is 2.18. The number of aromatic nitrogens is 1. The standard InChI is InChI=1S/C11H15ClN2O2S2/c12-11-4-3-9(6-13-11)8-18(15,16)14-10-2-1-5-17-7-10/h3-4,6,10,14H,1-2,5,7-8H2/t10-/m0/s1. The van der Waals surface area contributed by atoms with Crippen molar-refractivity contribution in [3.8, 4) is 0 Å². The molecular weight excluding hydrogens is 292 g/mol. The summed E-state index contributed by atoms with van der Waals surface area (Å²) >= 11 is 7.45. The maximum atomic E-state index is 12.0. The van der Waals surface area contributed by atoms with Crippen LogP contribution in [0.4, 0.5) is 0 Å². The third-order valence-electron chi connectivity index (χ3n) is 2.65. The van der Waals surface area contributed by atoms with Gasteiger partial charge >= 0.3 is 0 Å². The Labute approximate surface area is 117 Å². The highest BCUT2D eigenvalue weighted by Gasteiger charge is 2.20. The fraction of sp³-hybridized carbons (Fsp3) is 0.545. The van der Waals surface area contributed by atoms with E-state index in [-0.39, 0.29) is 11.8 Å². The molecule has 1 aliphatic heterocycles. The van der Waals surface area contributed by atoms with Gasteiger partial charge in [0.15, 0.2) is 0 Å². The zero-order valence-electron chi connectivity index (χ0n) is 9.80. The van der Waals surface area contributed by atoms with Gasteiger partial charge < -0.3 is 0 Å². The van der Waals surface area contributed by atoms with Gasteiger partial charge in [-0.3, -0.25) is 0 Å². The lowest BCUT2D eigenvalue weighted by Crippen LogP contribution is -2.38. The predicted molar refractivity (Wildman–Crippen MR) is 75.4 cm³/mol. The SMILES string of the molecule is O=S(=O)(Cc1ccc(Cl)nc1)N[C@H]1CCCSC1. The maximum absolute atomic E-state index is 12.0. The molecule has 1 N–H and O–H groups in total. The zero-order valence-corrected chi connectivity index (χ0v) is 12.2. The monoisotopic (exact) mass is 306 g/mol. The molecule has 0 saturated carbocycles. The molecule has 0 radical (unpaired) electrons. The Kier molecular flexibility index (Phi) is 4.89.